The van der Waals surface area contributed by atoms with Crippen molar-refractivity contribution in [3.63, 3.8) is 0 Å². The predicted octanol–water partition coefficient (Wildman–Crippen LogP) is 5.88. The van der Waals surface area contributed by atoms with Gasteiger partial charge in [0.2, 0.25) is 0 Å². The monoisotopic (exact) mass is 381 g/mol. The summed E-state index contributed by atoms with van der Waals surface area (Å²) in [5.74, 6) is 1.80. The molecule has 2 atom stereocenters. The summed E-state index contributed by atoms with van der Waals surface area (Å²) in [5.41, 5.74) is 2.05. The summed E-state index contributed by atoms with van der Waals surface area (Å²) in [7, 11) is -4.42. The predicted molar refractivity (Wildman–Crippen MR) is 102 cm³/mol. The number of ether oxygens (including phenoxy) is 1. The molecule has 0 N–H and O–H groups in total. The van der Waals surface area contributed by atoms with Gasteiger partial charge in [-0.25, -0.2) is 4.57 Å². The number of benzene rings is 1. The Hall–Kier alpha value is -1.69. The third kappa shape index (κ3) is 4.34. The van der Waals surface area contributed by atoms with Crippen LogP contribution >= 0.6 is 7.67 Å². The minimum atomic E-state index is -4.42. The van der Waals surface area contributed by atoms with Gasteiger partial charge >= 0.3 is 7.67 Å². The van der Waals surface area contributed by atoms with E-state index in [1.807, 2.05) is 18.2 Å². The first-order chi connectivity index (χ1) is 12.3. The van der Waals surface area contributed by atoms with Crippen molar-refractivity contribution < 1.29 is 13.8 Å². The van der Waals surface area contributed by atoms with E-state index >= 15 is 0 Å². The zero-order valence-corrected chi connectivity index (χ0v) is 16.4. The Bertz CT molecular complexity index is 690. The summed E-state index contributed by atoms with van der Waals surface area (Å²) in [6, 6.07) is 5.99. The molecule has 0 amide bonds. The SMILES string of the molecule is C=CN([O-])P(=O)(N=O)OCOc1c(C(C)C)cccc1[C@H](C)C1CCC1. The second kappa shape index (κ2) is 8.80. The first kappa shape index (κ1) is 20.6. The van der Waals surface area contributed by atoms with Gasteiger partial charge in [-0.2, -0.15) is 0 Å². The number of para-hydroxylation sites is 1. The molecule has 0 heterocycles. The number of hydrogen-bond donors (Lipinski definition) is 0. The van der Waals surface area contributed by atoms with Gasteiger partial charge in [-0.1, -0.05) is 52.0 Å². The first-order valence-corrected chi connectivity index (χ1v) is 10.3. The van der Waals surface area contributed by atoms with Gasteiger partial charge in [0, 0.05) is 4.95 Å². The molecular formula is C18H26N2O5P-. The van der Waals surface area contributed by atoms with Crippen molar-refractivity contribution in [2.45, 2.75) is 51.9 Å². The molecule has 0 spiro atoms. The Kier molecular flexibility index (Phi) is 6.98. The summed E-state index contributed by atoms with van der Waals surface area (Å²) in [6.07, 6.45) is 4.32. The van der Waals surface area contributed by atoms with Crippen LogP contribution < -0.4 is 4.74 Å². The summed E-state index contributed by atoms with van der Waals surface area (Å²) >= 11 is 0. The molecule has 0 bridgehead atoms. The third-order valence-corrected chi connectivity index (χ3v) is 6.29. The van der Waals surface area contributed by atoms with E-state index in [0.29, 0.717) is 23.8 Å². The molecule has 1 aliphatic carbocycles. The normalized spacial score (nSPS) is 17.9. The number of rotatable bonds is 10. The van der Waals surface area contributed by atoms with E-state index in [0.717, 1.165) is 11.1 Å². The van der Waals surface area contributed by atoms with E-state index < -0.39 is 14.5 Å². The molecule has 1 aromatic rings. The van der Waals surface area contributed by atoms with Crippen LogP contribution in [0.1, 0.15) is 63.0 Å². The fraction of sp³-hybridized carbons (Fsp3) is 0.556. The lowest BCUT2D eigenvalue weighted by atomic mass is 9.73. The quantitative estimate of drug-likeness (QED) is 0.217. The summed E-state index contributed by atoms with van der Waals surface area (Å²) < 4.78 is 22.7. The summed E-state index contributed by atoms with van der Waals surface area (Å²) in [4.78, 5) is 12.9. The van der Waals surface area contributed by atoms with Crippen LogP contribution in [0.4, 0.5) is 0 Å². The lowest BCUT2D eigenvalue weighted by Gasteiger charge is -2.33. The first-order valence-electron chi connectivity index (χ1n) is 8.78. The Morgan fingerprint density at radius 2 is 2.04 bits per heavy atom. The fourth-order valence-electron chi connectivity index (χ4n) is 3.12. The number of hydroxylamine groups is 1. The molecule has 2 rings (SSSR count). The molecule has 0 saturated heterocycles. The molecule has 1 aliphatic rings. The maximum absolute atomic E-state index is 12.1. The Labute approximate surface area is 154 Å². The minimum absolute atomic E-state index is 0.171. The molecule has 1 unspecified atom stereocenters. The van der Waals surface area contributed by atoms with Crippen LogP contribution in [-0.4, -0.2) is 11.6 Å². The molecule has 0 radical (unpaired) electrons. The lowest BCUT2D eigenvalue weighted by Crippen LogP contribution is -2.19. The molecule has 1 saturated carbocycles. The average molecular weight is 381 g/mol. The van der Waals surface area contributed by atoms with E-state index in [1.165, 1.54) is 19.3 Å². The molecule has 1 fully saturated rings. The van der Waals surface area contributed by atoms with Gasteiger partial charge in [0.25, 0.3) is 0 Å². The third-order valence-electron chi connectivity index (χ3n) is 4.98. The zero-order valence-electron chi connectivity index (χ0n) is 15.5. The van der Waals surface area contributed by atoms with E-state index in [2.05, 4.69) is 32.3 Å². The number of hydrogen-bond acceptors (Lipinski definition) is 5. The molecule has 26 heavy (non-hydrogen) atoms. The smallest absolute Gasteiger partial charge is 0.443 e. The van der Waals surface area contributed by atoms with E-state index in [1.54, 1.807) is 0 Å². The Balaban J connectivity index is 2.22. The van der Waals surface area contributed by atoms with E-state index in [-0.39, 0.29) is 10.8 Å². The highest BCUT2D eigenvalue weighted by atomic mass is 31.2. The second-order valence-corrected chi connectivity index (χ2v) is 8.65. The van der Waals surface area contributed by atoms with Gasteiger partial charge in [-0.3, -0.25) is 4.52 Å². The maximum atomic E-state index is 12.1. The average Bonchev–Trinajstić information content (AvgIpc) is 2.58. The summed E-state index contributed by atoms with van der Waals surface area (Å²) in [5, 5.41) is 11.5. The molecule has 0 aromatic heterocycles. The van der Waals surface area contributed by atoms with Crippen molar-refractivity contribution in [3.05, 3.63) is 52.2 Å². The standard InChI is InChI=1S/C18H26N2O5P/c1-5-20(22)26(23,19-21)25-12-24-18-16(13(2)3)10-7-11-17(18)14(4)15-8-6-9-15/h5,7,10-11,13-15H,1,6,8-9,12H2,2-4H3/q-1/t14-,26?/m1/s1. The van der Waals surface area contributed by atoms with Crippen LogP contribution in [0, 0.1) is 16.0 Å². The van der Waals surface area contributed by atoms with Gasteiger partial charge in [0.1, 0.15) is 5.75 Å². The fourth-order valence-corrected chi connectivity index (χ4v) is 3.75. The van der Waals surface area contributed by atoms with Gasteiger partial charge in [0.15, 0.2) is 6.79 Å². The highest BCUT2D eigenvalue weighted by Gasteiger charge is 2.29. The van der Waals surface area contributed by atoms with Gasteiger partial charge in [0.05, 0.1) is 0 Å². The van der Waals surface area contributed by atoms with Gasteiger partial charge < -0.3 is 14.8 Å². The Morgan fingerprint density at radius 3 is 2.54 bits per heavy atom. The molecule has 144 valence electrons. The van der Waals surface area contributed by atoms with Crippen molar-refractivity contribution in [3.8, 4) is 5.75 Å². The molecule has 1 aromatic carbocycles. The molecular weight excluding hydrogens is 355 g/mol. The molecule has 0 aliphatic heterocycles. The minimum Gasteiger partial charge on any atom is -0.750 e. The summed E-state index contributed by atoms with van der Waals surface area (Å²) in [6.45, 7) is 8.94. The van der Waals surface area contributed by atoms with Crippen LogP contribution in [0.15, 0.2) is 35.9 Å². The van der Waals surface area contributed by atoms with Crippen LogP contribution in [0.5, 0.6) is 5.75 Å². The zero-order chi connectivity index (χ0) is 19.3. The highest BCUT2D eigenvalue weighted by Crippen LogP contribution is 2.52. The van der Waals surface area contributed by atoms with E-state index in [9.17, 15) is 14.7 Å². The van der Waals surface area contributed by atoms with Crippen molar-refractivity contribution in [1.82, 2.24) is 4.83 Å². The largest absolute Gasteiger partial charge is 0.750 e. The highest BCUT2D eigenvalue weighted by molar-refractivity contribution is 7.55. The second-order valence-electron chi connectivity index (χ2n) is 6.85. The topological polar surface area (TPSA) is 91.3 Å². The van der Waals surface area contributed by atoms with Crippen molar-refractivity contribution in [2.75, 3.05) is 6.79 Å². The van der Waals surface area contributed by atoms with E-state index in [4.69, 9.17) is 9.26 Å². The van der Waals surface area contributed by atoms with Crippen molar-refractivity contribution in [2.24, 2.45) is 10.9 Å². The van der Waals surface area contributed by atoms with Gasteiger partial charge in [-0.15, -0.1) is 4.91 Å². The molecule has 8 heteroatoms. The maximum Gasteiger partial charge on any atom is 0.443 e. The Morgan fingerprint density at radius 1 is 1.38 bits per heavy atom. The van der Waals surface area contributed by atoms with Gasteiger partial charge in [-0.05, 0) is 47.9 Å². The number of nitroso groups, excluding NO2 is 1. The van der Waals surface area contributed by atoms with Crippen LogP contribution in [0.25, 0.3) is 0 Å². The van der Waals surface area contributed by atoms with Crippen LogP contribution in [0.2, 0.25) is 0 Å². The lowest BCUT2D eigenvalue weighted by molar-refractivity contribution is 0.112. The van der Waals surface area contributed by atoms with Crippen LogP contribution in [0.3, 0.4) is 0 Å². The molecule has 7 nitrogen and oxygen atoms in total. The van der Waals surface area contributed by atoms with Crippen molar-refractivity contribution in [1.29, 1.82) is 0 Å². The van der Waals surface area contributed by atoms with Crippen LogP contribution in [-0.2, 0) is 9.09 Å². The van der Waals surface area contributed by atoms with Crippen molar-refractivity contribution >= 4 is 7.67 Å². The number of nitrogens with zero attached hydrogens (tertiary/aromatic N) is 2.